The molecule has 0 radical (unpaired) electrons. The van der Waals surface area contributed by atoms with Gasteiger partial charge in [0.15, 0.2) is 5.43 Å². The summed E-state index contributed by atoms with van der Waals surface area (Å²) in [7, 11) is 0. The molecule has 1 aliphatic rings. The largest absolute Gasteiger partial charge is 0.491 e. The van der Waals surface area contributed by atoms with Crippen LogP contribution in [0.1, 0.15) is 52.1 Å². The van der Waals surface area contributed by atoms with Gasteiger partial charge < -0.3 is 9.15 Å². The van der Waals surface area contributed by atoms with Gasteiger partial charge >= 0.3 is 0 Å². The van der Waals surface area contributed by atoms with Crippen LogP contribution in [0.15, 0.2) is 45.6 Å². The third-order valence-electron chi connectivity index (χ3n) is 5.42. The minimum Gasteiger partial charge on any atom is -0.491 e. The Morgan fingerprint density at radius 1 is 1.15 bits per heavy atom. The van der Waals surface area contributed by atoms with Crippen LogP contribution in [0.25, 0.3) is 11.0 Å². The Balaban J connectivity index is 1.78. The molecule has 168 valence electrons. The molecule has 1 amide bonds. The van der Waals surface area contributed by atoms with Crippen molar-refractivity contribution in [2.24, 2.45) is 0 Å². The number of fused-ring (bicyclic) bond motifs is 2. The smallest absolute Gasteiger partial charge is 0.297 e. The molecule has 0 N–H and O–H groups in total. The zero-order chi connectivity index (χ0) is 23.4. The molecule has 1 atom stereocenters. The number of carbonyl (C=O) groups excluding carboxylic acids is 1. The Morgan fingerprint density at radius 2 is 1.94 bits per heavy atom. The van der Waals surface area contributed by atoms with Crippen LogP contribution in [0.2, 0.25) is 5.02 Å². The molecule has 1 aliphatic heterocycles. The first-order chi connectivity index (χ1) is 15.7. The number of halogens is 1. The molecular formula is C24H20ClN3O4S. The van der Waals surface area contributed by atoms with Crippen molar-refractivity contribution in [1.82, 2.24) is 10.2 Å². The van der Waals surface area contributed by atoms with Crippen LogP contribution < -0.4 is 15.1 Å². The van der Waals surface area contributed by atoms with Gasteiger partial charge in [-0.3, -0.25) is 14.5 Å². The zero-order valence-corrected chi connectivity index (χ0v) is 20.0. The first kappa shape index (κ1) is 21.6. The fourth-order valence-electron chi connectivity index (χ4n) is 4.02. The molecule has 33 heavy (non-hydrogen) atoms. The Morgan fingerprint density at radius 3 is 2.64 bits per heavy atom. The van der Waals surface area contributed by atoms with Gasteiger partial charge in [0.05, 0.1) is 23.1 Å². The highest BCUT2D eigenvalue weighted by molar-refractivity contribution is 7.15. The van der Waals surface area contributed by atoms with Gasteiger partial charge in [-0.1, -0.05) is 35.1 Å². The number of aryl methyl sites for hydroxylation is 2. The summed E-state index contributed by atoms with van der Waals surface area (Å²) in [4.78, 5) is 28.7. The van der Waals surface area contributed by atoms with Crippen molar-refractivity contribution in [1.29, 1.82) is 0 Å². The number of nitrogens with zero attached hydrogens (tertiary/aromatic N) is 3. The van der Waals surface area contributed by atoms with Crippen LogP contribution >= 0.6 is 22.9 Å². The van der Waals surface area contributed by atoms with Crippen molar-refractivity contribution in [3.63, 3.8) is 0 Å². The van der Waals surface area contributed by atoms with Gasteiger partial charge in [0.1, 0.15) is 16.3 Å². The fourth-order valence-corrected chi connectivity index (χ4v) is 4.90. The Hall–Kier alpha value is -3.23. The van der Waals surface area contributed by atoms with Gasteiger partial charge in [-0.2, -0.15) is 0 Å². The summed E-state index contributed by atoms with van der Waals surface area (Å²) in [6.07, 6.45) is -0.0287. The maximum atomic E-state index is 13.7. The second-order valence-electron chi connectivity index (χ2n) is 8.19. The van der Waals surface area contributed by atoms with Gasteiger partial charge in [0.2, 0.25) is 10.9 Å². The van der Waals surface area contributed by atoms with E-state index in [1.165, 1.54) is 16.2 Å². The summed E-state index contributed by atoms with van der Waals surface area (Å²) >= 11 is 7.57. The number of aromatic nitrogens is 2. The summed E-state index contributed by atoms with van der Waals surface area (Å²) in [6, 6.07) is 9.89. The van der Waals surface area contributed by atoms with E-state index in [2.05, 4.69) is 10.2 Å². The predicted molar refractivity (Wildman–Crippen MR) is 128 cm³/mol. The minimum absolute atomic E-state index is 0.00209. The molecule has 2 aromatic carbocycles. The molecule has 1 unspecified atom stereocenters. The van der Waals surface area contributed by atoms with Crippen molar-refractivity contribution < 1.29 is 13.9 Å². The molecule has 7 nitrogen and oxygen atoms in total. The van der Waals surface area contributed by atoms with Gasteiger partial charge in [-0.15, -0.1) is 10.2 Å². The number of ether oxygens (including phenoxy) is 1. The summed E-state index contributed by atoms with van der Waals surface area (Å²) in [6.45, 7) is 7.49. The van der Waals surface area contributed by atoms with Crippen LogP contribution in [-0.2, 0) is 0 Å². The standard InChI is InChI=1S/C24H20ClN3O4S/c1-11(2)31-15-7-5-6-14(9-15)20-19-21(29)16-10-17(25)12(3)8-18(16)32-22(19)23(30)28(20)24-27-26-13(4)33-24/h5-11,20H,1-4H3. The highest BCUT2D eigenvalue weighted by atomic mass is 35.5. The van der Waals surface area contributed by atoms with E-state index >= 15 is 0 Å². The zero-order valence-electron chi connectivity index (χ0n) is 18.4. The number of hydrogen-bond acceptors (Lipinski definition) is 7. The number of anilines is 1. The second-order valence-corrected chi connectivity index (χ2v) is 9.76. The van der Waals surface area contributed by atoms with E-state index in [0.717, 1.165) is 5.56 Å². The third kappa shape index (κ3) is 3.59. The average molecular weight is 482 g/mol. The van der Waals surface area contributed by atoms with E-state index < -0.39 is 11.9 Å². The Bertz CT molecular complexity index is 1480. The second kappa shape index (κ2) is 7.97. The molecule has 0 saturated carbocycles. The Kier molecular flexibility index (Phi) is 5.22. The van der Waals surface area contributed by atoms with E-state index in [4.69, 9.17) is 20.8 Å². The molecular weight excluding hydrogens is 462 g/mol. The number of rotatable bonds is 4. The van der Waals surface area contributed by atoms with Crippen LogP contribution in [0.4, 0.5) is 5.13 Å². The van der Waals surface area contributed by atoms with Gasteiger partial charge in [0, 0.05) is 5.02 Å². The topological polar surface area (TPSA) is 85.5 Å². The van der Waals surface area contributed by atoms with E-state index in [1.54, 1.807) is 12.1 Å². The summed E-state index contributed by atoms with van der Waals surface area (Å²) < 4.78 is 11.9. The lowest BCUT2D eigenvalue weighted by Crippen LogP contribution is -2.29. The maximum absolute atomic E-state index is 13.7. The first-order valence-electron chi connectivity index (χ1n) is 10.4. The third-order valence-corrected chi connectivity index (χ3v) is 6.66. The predicted octanol–water partition coefficient (Wildman–Crippen LogP) is 5.45. The molecule has 5 rings (SSSR count). The van der Waals surface area contributed by atoms with Gasteiger partial charge in [-0.25, -0.2) is 0 Å². The Labute approximate surface area is 198 Å². The molecule has 0 bridgehead atoms. The van der Waals surface area contributed by atoms with Crippen LogP contribution in [0.3, 0.4) is 0 Å². The lowest BCUT2D eigenvalue weighted by molar-refractivity contribution is 0.0970. The van der Waals surface area contributed by atoms with Crippen molar-refractivity contribution >= 4 is 44.9 Å². The first-order valence-corrected chi connectivity index (χ1v) is 11.6. The monoisotopic (exact) mass is 481 g/mol. The van der Waals surface area contributed by atoms with E-state index in [-0.39, 0.29) is 22.9 Å². The molecule has 0 spiro atoms. The quantitative estimate of drug-likeness (QED) is 0.385. The van der Waals surface area contributed by atoms with Crippen molar-refractivity contribution in [3.05, 3.63) is 79.1 Å². The molecule has 0 saturated heterocycles. The normalized spacial score (nSPS) is 15.5. The van der Waals surface area contributed by atoms with E-state index in [0.29, 0.717) is 37.4 Å². The summed E-state index contributed by atoms with van der Waals surface area (Å²) in [5.41, 5.74) is 1.73. The highest BCUT2D eigenvalue weighted by Crippen LogP contribution is 2.43. The molecule has 4 aromatic rings. The number of amides is 1. The molecule has 0 aliphatic carbocycles. The van der Waals surface area contributed by atoms with Crippen LogP contribution in [0, 0.1) is 13.8 Å². The minimum atomic E-state index is -0.740. The average Bonchev–Trinajstić information content (AvgIpc) is 3.30. The van der Waals surface area contributed by atoms with Gasteiger partial charge in [0.25, 0.3) is 5.91 Å². The van der Waals surface area contributed by atoms with E-state index in [1.807, 2.05) is 52.0 Å². The lowest BCUT2D eigenvalue weighted by atomic mass is 9.98. The SMILES string of the molecule is Cc1nnc(N2C(=O)c3oc4cc(C)c(Cl)cc4c(=O)c3C2c2cccc(OC(C)C)c2)s1. The summed E-state index contributed by atoms with van der Waals surface area (Å²) in [5, 5.41) is 10.1. The molecule has 0 fully saturated rings. The van der Waals surface area contributed by atoms with Crippen LogP contribution in [0.5, 0.6) is 5.75 Å². The molecule has 9 heteroatoms. The van der Waals surface area contributed by atoms with E-state index in [9.17, 15) is 9.59 Å². The number of benzene rings is 2. The number of carbonyl (C=O) groups is 1. The van der Waals surface area contributed by atoms with Crippen molar-refractivity contribution in [2.45, 2.75) is 39.8 Å². The van der Waals surface area contributed by atoms with Crippen LogP contribution in [-0.4, -0.2) is 22.2 Å². The fraction of sp³-hybridized carbons (Fsp3) is 0.250. The summed E-state index contributed by atoms with van der Waals surface area (Å²) in [5.74, 6) is 0.204. The van der Waals surface area contributed by atoms with Crippen molar-refractivity contribution in [3.8, 4) is 5.75 Å². The molecule has 3 heterocycles. The molecule has 2 aromatic heterocycles. The maximum Gasteiger partial charge on any atom is 0.297 e. The number of hydrogen-bond donors (Lipinski definition) is 0. The van der Waals surface area contributed by atoms with Gasteiger partial charge in [-0.05, 0) is 63.1 Å². The lowest BCUT2D eigenvalue weighted by Gasteiger charge is -2.22. The highest BCUT2D eigenvalue weighted by Gasteiger charge is 2.45. The van der Waals surface area contributed by atoms with Crippen molar-refractivity contribution in [2.75, 3.05) is 4.90 Å².